The SMILES string of the molecule is Cn1c(=O)n(C)c2cc3c4c(cc(O)c3cc21)C1(CC(C)(C)CC(C)(C)C1)c1ccccc1-4. The molecule has 0 aliphatic heterocycles. The van der Waals surface area contributed by atoms with Crippen LogP contribution in [0.15, 0.2) is 47.3 Å². The van der Waals surface area contributed by atoms with Crippen LogP contribution in [-0.4, -0.2) is 14.2 Å². The first kappa shape index (κ1) is 20.6. The van der Waals surface area contributed by atoms with E-state index in [0.717, 1.165) is 34.6 Å². The van der Waals surface area contributed by atoms with E-state index in [2.05, 4.69) is 58.0 Å². The number of phenols is 1. The van der Waals surface area contributed by atoms with E-state index in [4.69, 9.17) is 0 Å². The second-order valence-electron chi connectivity index (χ2n) is 12.1. The molecule has 4 aromatic rings. The van der Waals surface area contributed by atoms with Crippen LogP contribution in [0.3, 0.4) is 0 Å². The highest BCUT2D eigenvalue weighted by Gasteiger charge is 2.53. The lowest BCUT2D eigenvalue weighted by molar-refractivity contribution is 0.0645. The monoisotopic (exact) mass is 440 g/mol. The zero-order valence-electron chi connectivity index (χ0n) is 20.4. The summed E-state index contributed by atoms with van der Waals surface area (Å²) in [6, 6.07) is 14.9. The van der Waals surface area contributed by atoms with Gasteiger partial charge in [0.1, 0.15) is 5.75 Å². The first-order chi connectivity index (χ1) is 15.4. The van der Waals surface area contributed by atoms with Crippen molar-refractivity contribution in [1.29, 1.82) is 0 Å². The van der Waals surface area contributed by atoms with Crippen molar-refractivity contribution in [2.45, 2.75) is 52.4 Å². The number of fused-ring (bicyclic) bond motifs is 8. The van der Waals surface area contributed by atoms with Gasteiger partial charge in [-0.05, 0) is 75.9 Å². The van der Waals surface area contributed by atoms with Crippen LogP contribution in [0.2, 0.25) is 0 Å². The Morgan fingerprint density at radius 1 is 0.788 bits per heavy atom. The summed E-state index contributed by atoms with van der Waals surface area (Å²) in [5.74, 6) is 0.301. The summed E-state index contributed by atoms with van der Waals surface area (Å²) in [6.45, 7) is 9.56. The molecule has 1 N–H and O–H groups in total. The highest BCUT2D eigenvalue weighted by Crippen LogP contribution is 2.64. The number of rotatable bonds is 0. The minimum atomic E-state index is -0.125. The summed E-state index contributed by atoms with van der Waals surface area (Å²) in [6.07, 6.45) is 3.31. The van der Waals surface area contributed by atoms with Gasteiger partial charge in [-0.25, -0.2) is 4.79 Å². The topological polar surface area (TPSA) is 47.2 Å². The highest BCUT2D eigenvalue weighted by molar-refractivity contribution is 6.09. The van der Waals surface area contributed by atoms with Gasteiger partial charge < -0.3 is 5.11 Å². The van der Waals surface area contributed by atoms with Crippen LogP contribution in [-0.2, 0) is 19.5 Å². The molecule has 2 aliphatic rings. The summed E-state index contributed by atoms with van der Waals surface area (Å²) in [5, 5.41) is 13.2. The maximum Gasteiger partial charge on any atom is 0.328 e. The summed E-state index contributed by atoms with van der Waals surface area (Å²) >= 11 is 0. The highest BCUT2D eigenvalue weighted by atomic mass is 16.3. The van der Waals surface area contributed by atoms with Gasteiger partial charge in [0.15, 0.2) is 0 Å². The Morgan fingerprint density at radius 2 is 1.36 bits per heavy atom. The number of aromatic nitrogens is 2. The smallest absolute Gasteiger partial charge is 0.328 e. The third kappa shape index (κ3) is 2.61. The number of phenolic OH excluding ortho intramolecular Hbond substituents is 1. The van der Waals surface area contributed by atoms with Crippen molar-refractivity contribution in [3.63, 3.8) is 0 Å². The number of aryl methyl sites for hydroxylation is 2. The maximum atomic E-state index is 12.6. The van der Waals surface area contributed by atoms with Crippen molar-refractivity contribution in [2.24, 2.45) is 24.9 Å². The van der Waals surface area contributed by atoms with Crippen LogP contribution in [0.4, 0.5) is 0 Å². The number of aromatic hydroxyl groups is 1. The molecule has 1 heterocycles. The number of hydrogen-bond acceptors (Lipinski definition) is 2. The van der Waals surface area contributed by atoms with Gasteiger partial charge in [-0.1, -0.05) is 52.0 Å². The molecule has 0 amide bonds. The Hall–Kier alpha value is -3.01. The summed E-state index contributed by atoms with van der Waals surface area (Å²) in [5.41, 5.74) is 7.06. The third-order valence-electron chi connectivity index (χ3n) is 8.25. The lowest BCUT2D eigenvalue weighted by Gasteiger charge is -2.51. The molecule has 4 heteroatoms. The second kappa shape index (κ2) is 6.11. The summed E-state index contributed by atoms with van der Waals surface area (Å²) < 4.78 is 3.36. The van der Waals surface area contributed by atoms with Crippen LogP contribution in [0.25, 0.3) is 32.9 Å². The Bertz CT molecular complexity index is 1530. The Morgan fingerprint density at radius 3 is 2.00 bits per heavy atom. The van der Waals surface area contributed by atoms with Gasteiger partial charge in [0.05, 0.1) is 11.0 Å². The van der Waals surface area contributed by atoms with Gasteiger partial charge in [-0.15, -0.1) is 0 Å². The molecule has 33 heavy (non-hydrogen) atoms. The van der Waals surface area contributed by atoms with Gasteiger partial charge in [-0.3, -0.25) is 9.13 Å². The average Bonchev–Trinajstić information content (AvgIpc) is 3.09. The van der Waals surface area contributed by atoms with Gasteiger partial charge in [0.25, 0.3) is 0 Å². The lowest BCUT2D eigenvalue weighted by Crippen LogP contribution is -2.43. The molecule has 0 atom stereocenters. The first-order valence-corrected chi connectivity index (χ1v) is 11.9. The molecule has 3 aromatic carbocycles. The van der Waals surface area contributed by atoms with Crippen LogP contribution in [0, 0.1) is 10.8 Å². The molecule has 2 aliphatic carbocycles. The number of nitrogens with zero attached hydrogens (tertiary/aromatic N) is 2. The Labute approximate surface area is 194 Å². The van der Waals surface area contributed by atoms with Crippen LogP contribution in [0.5, 0.6) is 5.75 Å². The van der Waals surface area contributed by atoms with Crippen molar-refractivity contribution in [1.82, 2.24) is 9.13 Å². The molecular formula is C29H32N2O2. The maximum absolute atomic E-state index is 12.6. The zero-order valence-corrected chi connectivity index (χ0v) is 20.4. The largest absolute Gasteiger partial charge is 0.507 e. The van der Waals surface area contributed by atoms with Gasteiger partial charge >= 0.3 is 5.69 Å². The quantitative estimate of drug-likeness (QED) is 0.352. The Balaban J connectivity index is 1.78. The summed E-state index contributed by atoms with van der Waals surface area (Å²) in [7, 11) is 3.61. The second-order valence-corrected chi connectivity index (χ2v) is 12.1. The van der Waals surface area contributed by atoms with Crippen molar-refractivity contribution < 1.29 is 5.11 Å². The predicted molar refractivity (Wildman–Crippen MR) is 135 cm³/mol. The fourth-order valence-corrected chi connectivity index (χ4v) is 7.82. The zero-order chi connectivity index (χ0) is 23.5. The molecular weight excluding hydrogens is 408 g/mol. The molecule has 1 spiro atoms. The molecule has 1 aromatic heterocycles. The summed E-state index contributed by atoms with van der Waals surface area (Å²) in [4.78, 5) is 12.6. The van der Waals surface area contributed by atoms with E-state index in [9.17, 15) is 9.90 Å². The third-order valence-corrected chi connectivity index (χ3v) is 8.25. The number of hydrogen-bond donors (Lipinski definition) is 1. The van der Waals surface area contributed by atoms with E-state index in [1.807, 2.05) is 19.2 Å². The first-order valence-electron chi connectivity index (χ1n) is 11.9. The van der Waals surface area contributed by atoms with Crippen LogP contribution in [0.1, 0.15) is 58.1 Å². The fourth-order valence-electron chi connectivity index (χ4n) is 7.82. The lowest BCUT2D eigenvalue weighted by atomic mass is 9.52. The Kier molecular flexibility index (Phi) is 3.81. The minimum absolute atomic E-state index is 0.0518. The molecule has 1 saturated carbocycles. The normalized spacial score (nSPS) is 19.8. The molecule has 1 fully saturated rings. The average molecular weight is 441 g/mol. The number of imidazole rings is 1. The van der Waals surface area contributed by atoms with E-state index in [0.29, 0.717) is 5.75 Å². The molecule has 170 valence electrons. The van der Waals surface area contributed by atoms with E-state index in [-0.39, 0.29) is 21.9 Å². The van der Waals surface area contributed by atoms with E-state index in [1.54, 1.807) is 16.2 Å². The van der Waals surface area contributed by atoms with E-state index < -0.39 is 0 Å². The molecule has 0 unspecified atom stereocenters. The van der Waals surface area contributed by atoms with E-state index >= 15 is 0 Å². The molecule has 0 bridgehead atoms. The molecule has 6 rings (SSSR count). The van der Waals surface area contributed by atoms with E-state index in [1.165, 1.54) is 28.7 Å². The van der Waals surface area contributed by atoms with Crippen LogP contribution >= 0.6 is 0 Å². The fraction of sp³-hybridized carbons (Fsp3) is 0.414. The van der Waals surface area contributed by atoms with Crippen molar-refractivity contribution >= 4 is 21.8 Å². The predicted octanol–water partition coefficient (Wildman–Crippen LogP) is 6.24. The molecule has 4 nitrogen and oxygen atoms in total. The van der Waals surface area contributed by atoms with Crippen LogP contribution < -0.4 is 5.69 Å². The van der Waals surface area contributed by atoms with Gasteiger partial charge in [0, 0.05) is 24.9 Å². The van der Waals surface area contributed by atoms with Crippen molar-refractivity contribution in [3.05, 3.63) is 64.1 Å². The minimum Gasteiger partial charge on any atom is -0.507 e. The standard InChI is InChI=1S/C29H32N2O2/c1-27(2)14-28(3,4)16-29(15-27)20-10-8-7-9-17(20)25-19-12-23-22(30(5)26(33)31(23)6)11-18(19)24(32)13-21(25)29/h7-13,32H,14-16H2,1-6H3. The molecule has 0 saturated heterocycles. The van der Waals surface area contributed by atoms with Crippen molar-refractivity contribution in [2.75, 3.05) is 0 Å². The van der Waals surface area contributed by atoms with Gasteiger partial charge in [0.2, 0.25) is 0 Å². The van der Waals surface area contributed by atoms with Crippen molar-refractivity contribution in [3.8, 4) is 16.9 Å². The molecule has 0 radical (unpaired) electrons. The van der Waals surface area contributed by atoms with Gasteiger partial charge in [-0.2, -0.15) is 0 Å². The number of benzene rings is 3.